The van der Waals surface area contributed by atoms with E-state index in [4.69, 9.17) is 9.73 Å². The van der Waals surface area contributed by atoms with Crippen LogP contribution in [0.3, 0.4) is 0 Å². The van der Waals surface area contributed by atoms with Crippen LogP contribution < -0.4 is 4.74 Å². The van der Waals surface area contributed by atoms with Crippen LogP contribution in [0.1, 0.15) is 76.8 Å². The van der Waals surface area contributed by atoms with E-state index in [0.717, 1.165) is 34.9 Å². The van der Waals surface area contributed by atoms with Crippen LogP contribution in [0, 0.1) is 5.92 Å². The molecule has 4 heteroatoms. The molecule has 0 radical (unpaired) electrons. The molecule has 1 atom stereocenters. The average Bonchev–Trinajstić information content (AvgIpc) is 3.49. The van der Waals surface area contributed by atoms with E-state index in [2.05, 4.69) is 41.2 Å². The number of nitrogens with zero attached hydrogens (tertiary/aromatic N) is 1. The number of fused-ring (bicyclic) bond motifs is 1. The minimum atomic E-state index is 0.617. The Hall–Kier alpha value is -2.49. The van der Waals surface area contributed by atoms with Gasteiger partial charge in [-0.05, 0) is 61.5 Å². The van der Waals surface area contributed by atoms with E-state index in [1.165, 1.54) is 69.1 Å². The monoisotopic (exact) mass is 405 g/mol. The van der Waals surface area contributed by atoms with E-state index in [1.54, 1.807) is 7.11 Å². The highest BCUT2D eigenvalue weighted by Crippen LogP contribution is 2.37. The number of aliphatic imine (C=N–C) groups is 1. The molecule has 0 amide bonds. The molecule has 0 fully saturated rings. The van der Waals surface area contributed by atoms with Crippen LogP contribution in [0.4, 0.5) is 0 Å². The Morgan fingerprint density at radius 1 is 1.17 bits per heavy atom. The van der Waals surface area contributed by atoms with E-state index in [1.807, 2.05) is 12.3 Å². The summed E-state index contributed by atoms with van der Waals surface area (Å²) in [5.74, 6) is 1.48. The molecular formula is C26H35N3O. The molecule has 0 saturated carbocycles. The first-order valence-corrected chi connectivity index (χ1v) is 11.7. The number of aromatic amines is 2. The van der Waals surface area contributed by atoms with Crippen molar-refractivity contribution in [1.29, 1.82) is 0 Å². The van der Waals surface area contributed by atoms with E-state index < -0.39 is 0 Å². The molecular weight excluding hydrogens is 370 g/mol. The number of hydrogen-bond donors (Lipinski definition) is 2. The molecule has 160 valence electrons. The van der Waals surface area contributed by atoms with Gasteiger partial charge in [0.05, 0.1) is 29.9 Å². The molecule has 4 nitrogen and oxygen atoms in total. The summed E-state index contributed by atoms with van der Waals surface area (Å²) in [6.45, 7) is 2.29. The molecule has 0 spiro atoms. The number of rotatable bonds is 7. The van der Waals surface area contributed by atoms with Gasteiger partial charge in [-0.25, -0.2) is 0 Å². The third-order valence-electron chi connectivity index (χ3n) is 6.41. The van der Waals surface area contributed by atoms with E-state index in [0.29, 0.717) is 5.92 Å². The van der Waals surface area contributed by atoms with Gasteiger partial charge in [-0.15, -0.1) is 0 Å². The predicted molar refractivity (Wildman–Crippen MR) is 126 cm³/mol. The summed E-state index contributed by atoms with van der Waals surface area (Å²) in [7, 11) is 1.74. The molecule has 2 aliphatic rings. The largest absolute Gasteiger partial charge is 0.494 e. The maximum Gasteiger partial charge on any atom is 0.144 e. The molecule has 4 rings (SSSR count). The first kappa shape index (κ1) is 20.8. The van der Waals surface area contributed by atoms with Crippen molar-refractivity contribution in [2.24, 2.45) is 10.9 Å². The molecule has 1 aliphatic heterocycles. The summed E-state index contributed by atoms with van der Waals surface area (Å²) >= 11 is 0. The number of nitrogens with one attached hydrogen (secondary N) is 2. The van der Waals surface area contributed by atoms with Crippen LogP contribution in [0.15, 0.2) is 46.7 Å². The summed E-state index contributed by atoms with van der Waals surface area (Å²) in [6, 6.07) is 6.14. The number of H-pyrrole nitrogens is 2. The number of unbranched alkanes of at least 4 members (excludes halogenated alkanes) is 2. The molecule has 0 aromatic carbocycles. The second-order valence-corrected chi connectivity index (χ2v) is 8.63. The first-order chi connectivity index (χ1) is 14.8. The Labute approximate surface area is 180 Å². The smallest absolute Gasteiger partial charge is 0.144 e. The zero-order valence-corrected chi connectivity index (χ0v) is 18.5. The second-order valence-electron chi connectivity index (χ2n) is 8.63. The minimum Gasteiger partial charge on any atom is -0.494 e. The highest BCUT2D eigenvalue weighted by molar-refractivity contribution is 6.00. The van der Waals surface area contributed by atoms with Gasteiger partial charge < -0.3 is 14.7 Å². The Kier molecular flexibility index (Phi) is 6.93. The van der Waals surface area contributed by atoms with Crippen LogP contribution in [0.25, 0.3) is 17.5 Å². The zero-order valence-electron chi connectivity index (χ0n) is 18.5. The van der Waals surface area contributed by atoms with Crippen molar-refractivity contribution in [1.82, 2.24) is 9.97 Å². The van der Waals surface area contributed by atoms with Crippen LogP contribution in [-0.4, -0.2) is 22.8 Å². The summed E-state index contributed by atoms with van der Waals surface area (Å²) in [5.41, 5.74) is 6.93. The standard InChI is InChI=1S/C26H35N3O/c1-3-4-7-11-19-12-8-5-6-9-13-20-16-21(19)23(28-20)17-25-26(30-2)18-24(29-25)22-14-10-15-27-22/h10,14-19,27,29H,3-9,11-13H2,1-2H3. The average molecular weight is 406 g/mol. The predicted octanol–water partition coefficient (Wildman–Crippen LogP) is 7.29. The normalized spacial score (nSPS) is 20.9. The lowest BCUT2D eigenvalue weighted by Crippen LogP contribution is -2.06. The molecule has 2 aromatic rings. The van der Waals surface area contributed by atoms with Gasteiger partial charge >= 0.3 is 0 Å². The first-order valence-electron chi connectivity index (χ1n) is 11.7. The lowest BCUT2D eigenvalue weighted by molar-refractivity contribution is 0.414. The molecule has 1 aliphatic carbocycles. The summed E-state index contributed by atoms with van der Waals surface area (Å²) in [4.78, 5) is 11.9. The quantitative estimate of drug-likeness (QED) is 0.467. The fourth-order valence-electron chi connectivity index (χ4n) is 4.73. The SMILES string of the molecule is CCCCCC1CCCCCCC2=NC(=Cc3[nH]c(-c4ccc[nH]4)cc3OC)C1=C2. The highest BCUT2D eigenvalue weighted by Gasteiger charge is 2.24. The summed E-state index contributed by atoms with van der Waals surface area (Å²) in [6.07, 6.45) is 19.4. The second kappa shape index (κ2) is 10.0. The van der Waals surface area contributed by atoms with Gasteiger partial charge in [-0.1, -0.05) is 45.4 Å². The van der Waals surface area contributed by atoms with Crippen molar-refractivity contribution in [2.75, 3.05) is 7.11 Å². The van der Waals surface area contributed by atoms with E-state index in [-0.39, 0.29) is 0 Å². The Morgan fingerprint density at radius 2 is 2.07 bits per heavy atom. The molecule has 3 heterocycles. The Bertz CT molecular complexity index is 914. The summed E-state index contributed by atoms with van der Waals surface area (Å²) < 4.78 is 5.68. The van der Waals surface area contributed by atoms with Crippen molar-refractivity contribution < 1.29 is 4.74 Å². The van der Waals surface area contributed by atoms with Gasteiger partial charge in [-0.2, -0.15) is 0 Å². The molecule has 2 aromatic heterocycles. The number of ether oxygens (including phenoxy) is 1. The van der Waals surface area contributed by atoms with E-state index in [9.17, 15) is 0 Å². The highest BCUT2D eigenvalue weighted by atomic mass is 16.5. The fraction of sp³-hybridized carbons (Fsp3) is 0.500. The van der Waals surface area contributed by atoms with Crippen LogP contribution in [0.2, 0.25) is 0 Å². The summed E-state index contributed by atoms with van der Waals surface area (Å²) in [5, 5.41) is 0. The maximum atomic E-state index is 5.68. The number of allylic oxidation sites excluding steroid dienone is 2. The Balaban J connectivity index is 1.66. The van der Waals surface area contributed by atoms with Gasteiger partial charge in [0.1, 0.15) is 5.75 Å². The molecule has 1 unspecified atom stereocenters. The number of aromatic nitrogens is 2. The van der Waals surface area contributed by atoms with Crippen molar-refractivity contribution in [2.45, 2.75) is 71.1 Å². The van der Waals surface area contributed by atoms with Gasteiger partial charge in [0.2, 0.25) is 0 Å². The Morgan fingerprint density at radius 3 is 2.87 bits per heavy atom. The van der Waals surface area contributed by atoms with Crippen molar-refractivity contribution in [3.8, 4) is 17.1 Å². The third-order valence-corrected chi connectivity index (χ3v) is 6.41. The molecule has 30 heavy (non-hydrogen) atoms. The number of hydrogen-bond acceptors (Lipinski definition) is 2. The van der Waals surface area contributed by atoms with Crippen molar-refractivity contribution in [3.05, 3.63) is 47.4 Å². The zero-order chi connectivity index (χ0) is 20.8. The molecule has 2 bridgehead atoms. The van der Waals surface area contributed by atoms with Crippen molar-refractivity contribution in [3.63, 3.8) is 0 Å². The van der Waals surface area contributed by atoms with Gasteiger partial charge in [-0.3, -0.25) is 4.99 Å². The van der Waals surface area contributed by atoms with Crippen LogP contribution >= 0.6 is 0 Å². The fourth-order valence-corrected chi connectivity index (χ4v) is 4.73. The van der Waals surface area contributed by atoms with Crippen LogP contribution in [-0.2, 0) is 0 Å². The lowest BCUT2D eigenvalue weighted by atomic mass is 9.85. The van der Waals surface area contributed by atoms with Gasteiger partial charge in [0, 0.05) is 18.0 Å². The third kappa shape index (κ3) is 4.80. The van der Waals surface area contributed by atoms with Crippen LogP contribution in [0.5, 0.6) is 5.75 Å². The van der Waals surface area contributed by atoms with Gasteiger partial charge in [0.15, 0.2) is 0 Å². The molecule has 0 saturated heterocycles. The lowest BCUT2D eigenvalue weighted by Gasteiger charge is -2.19. The topological polar surface area (TPSA) is 53.2 Å². The van der Waals surface area contributed by atoms with Gasteiger partial charge in [0.25, 0.3) is 0 Å². The number of methoxy groups -OCH3 is 1. The molecule has 2 N–H and O–H groups in total. The maximum absolute atomic E-state index is 5.68. The van der Waals surface area contributed by atoms with Crippen molar-refractivity contribution >= 4 is 11.8 Å². The van der Waals surface area contributed by atoms with E-state index >= 15 is 0 Å². The minimum absolute atomic E-state index is 0.617.